The van der Waals surface area contributed by atoms with E-state index in [0.717, 1.165) is 34.5 Å². The van der Waals surface area contributed by atoms with Crippen molar-refractivity contribution in [3.63, 3.8) is 0 Å². The highest BCUT2D eigenvalue weighted by molar-refractivity contribution is 7.14. The van der Waals surface area contributed by atoms with Crippen LogP contribution >= 0.6 is 11.3 Å². The first-order chi connectivity index (χ1) is 12.3. The average Bonchev–Trinajstić information content (AvgIpc) is 3.01. The number of amides is 2. The summed E-state index contributed by atoms with van der Waals surface area (Å²) in [7, 11) is 1.69. The average molecular weight is 371 g/mol. The van der Waals surface area contributed by atoms with Gasteiger partial charge in [0.25, 0.3) is 5.91 Å². The topological polar surface area (TPSA) is 49.4 Å². The third-order valence-corrected chi connectivity index (χ3v) is 6.37. The van der Waals surface area contributed by atoms with E-state index >= 15 is 0 Å². The van der Waals surface area contributed by atoms with Gasteiger partial charge in [0.2, 0.25) is 5.91 Å². The first-order valence-corrected chi connectivity index (χ1v) is 9.90. The Hall–Kier alpha value is -2.14. The molecule has 138 valence electrons. The quantitative estimate of drug-likeness (QED) is 0.877. The number of nitrogens with one attached hydrogen (secondary N) is 1. The van der Waals surface area contributed by atoms with Gasteiger partial charge in [-0.15, -0.1) is 11.3 Å². The van der Waals surface area contributed by atoms with Crippen LogP contribution in [-0.4, -0.2) is 30.3 Å². The van der Waals surface area contributed by atoms with Crippen LogP contribution < -0.4 is 5.32 Å². The van der Waals surface area contributed by atoms with Crippen molar-refractivity contribution in [1.29, 1.82) is 0 Å². The lowest BCUT2D eigenvalue weighted by molar-refractivity contribution is -0.116. The van der Waals surface area contributed by atoms with Crippen LogP contribution in [-0.2, 0) is 17.6 Å². The van der Waals surface area contributed by atoms with E-state index in [1.54, 1.807) is 18.4 Å². The third kappa shape index (κ3) is 3.98. The number of benzene rings is 1. The van der Waals surface area contributed by atoms with Crippen LogP contribution in [0.1, 0.15) is 44.6 Å². The molecule has 1 aromatic heterocycles. The molecule has 3 rings (SSSR count). The number of likely N-dealkylation sites (N-methyl/N-ethyl adjacent to an activating group) is 1. The Bertz CT molecular complexity index is 841. The first kappa shape index (κ1) is 18.6. The molecule has 1 aliphatic rings. The van der Waals surface area contributed by atoms with Gasteiger partial charge in [0.15, 0.2) is 0 Å². The fraction of sp³-hybridized carbons (Fsp3) is 0.429. The van der Waals surface area contributed by atoms with Gasteiger partial charge in [-0.2, -0.15) is 0 Å². The molecule has 1 N–H and O–H groups in total. The minimum Gasteiger partial charge on any atom is -0.332 e. The first-order valence-electron chi connectivity index (χ1n) is 9.08. The summed E-state index contributed by atoms with van der Waals surface area (Å²) in [5.74, 6) is 0.429. The fourth-order valence-electron chi connectivity index (χ4n) is 3.36. The Morgan fingerprint density at radius 3 is 2.85 bits per heavy atom. The van der Waals surface area contributed by atoms with Gasteiger partial charge in [0, 0.05) is 17.6 Å². The van der Waals surface area contributed by atoms with E-state index < -0.39 is 0 Å². The van der Waals surface area contributed by atoms with E-state index in [9.17, 15) is 9.59 Å². The number of fused-ring (bicyclic) bond motifs is 1. The lowest BCUT2D eigenvalue weighted by Crippen LogP contribution is -2.34. The third-order valence-electron chi connectivity index (χ3n) is 5.15. The number of nitrogens with zero attached hydrogens (tertiary/aromatic N) is 1. The number of thiophene rings is 1. The molecule has 0 saturated carbocycles. The van der Waals surface area contributed by atoms with Gasteiger partial charge >= 0.3 is 0 Å². The summed E-state index contributed by atoms with van der Waals surface area (Å²) < 4.78 is 0. The molecule has 4 nitrogen and oxygen atoms in total. The Labute approximate surface area is 159 Å². The van der Waals surface area contributed by atoms with Crippen LogP contribution in [0.2, 0.25) is 0 Å². The maximum Gasteiger partial charge on any atom is 0.264 e. The zero-order chi connectivity index (χ0) is 18.8. The maximum atomic E-state index is 12.7. The van der Waals surface area contributed by atoms with Crippen molar-refractivity contribution in [3.05, 3.63) is 50.7 Å². The van der Waals surface area contributed by atoms with E-state index in [-0.39, 0.29) is 18.4 Å². The predicted octanol–water partition coefficient (Wildman–Crippen LogP) is 4.20. The van der Waals surface area contributed by atoms with Crippen LogP contribution in [0.4, 0.5) is 5.69 Å². The normalized spacial score (nSPS) is 16.1. The fourth-order valence-corrected chi connectivity index (χ4v) is 4.57. The largest absolute Gasteiger partial charge is 0.332 e. The van der Waals surface area contributed by atoms with Crippen LogP contribution in [0.15, 0.2) is 24.3 Å². The Kier molecular flexibility index (Phi) is 5.47. The number of hydrogen-bond donors (Lipinski definition) is 1. The van der Waals surface area contributed by atoms with Gasteiger partial charge in [0.1, 0.15) is 0 Å². The van der Waals surface area contributed by atoms with Crippen LogP contribution in [0.5, 0.6) is 0 Å². The summed E-state index contributed by atoms with van der Waals surface area (Å²) in [5, 5.41) is 2.91. The Morgan fingerprint density at radius 2 is 2.08 bits per heavy atom. The Balaban J connectivity index is 1.64. The zero-order valence-electron chi connectivity index (χ0n) is 15.9. The molecule has 0 bridgehead atoms. The Morgan fingerprint density at radius 1 is 1.31 bits per heavy atom. The predicted molar refractivity (Wildman–Crippen MR) is 107 cm³/mol. The lowest BCUT2D eigenvalue weighted by atomic mass is 9.90. The van der Waals surface area contributed by atoms with E-state index in [2.05, 4.69) is 12.2 Å². The molecule has 0 radical (unpaired) electrons. The van der Waals surface area contributed by atoms with Crippen molar-refractivity contribution in [2.45, 2.75) is 40.0 Å². The van der Waals surface area contributed by atoms with Crippen molar-refractivity contribution in [3.8, 4) is 0 Å². The molecule has 0 saturated heterocycles. The molecule has 1 atom stereocenters. The van der Waals surface area contributed by atoms with Crippen LogP contribution in [0, 0.1) is 19.8 Å². The molecule has 0 spiro atoms. The number of rotatable bonds is 4. The summed E-state index contributed by atoms with van der Waals surface area (Å²) in [6.45, 7) is 6.30. The molecule has 0 aliphatic heterocycles. The van der Waals surface area contributed by atoms with Crippen molar-refractivity contribution in [2.75, 3.05) is 18.9 Å². The second-order valence-electron chi connectivity index (χ2n) is 7.36. The smallest absolute Gasteiger partial charge is 0.264 e. The molecule has 2 aromatic rings. The molecule has 1 aliphatic carbocycles. The molecule has 5 heteroatoms. The van der Waals surface area contributed by atoms with E-state index in [0.29, 0.717) is 5.92 Å². The summed E-state index contributed by atoms with van der Waals surface area (Å²) >= 11 is 1.59. The SMILES string of the molecule is Cc1cccc(NC(=O)CN(C)C(=O)c2cc3c(s2)CC[C@@H](C)C3)c1C. The molecule has 26 heavy (non-hydrogen) atoms. The van der Waals surface area contributed by atoms with Gasteiger partial charge < -0.3 is 10.2 Å². The number of aryl methyl sites for hydroxylation is 2. The summed E-state index contributed by atoms with van der Waals surface area (Å²) in [4.78, 5) is 28.6. The zero-order valence-corrected chi connectivity index (χ0v) is 16.7. The van der Waals surface area contributed by atoms with Gasteiger partial charge in [0.05, 0.1) is 11.4 Å². The van der Waals surface area contributed by atoms with Crippen molar-refractivity contribution < 1.29 is 9.59 Å². The van der Waals surface area contributed by atoms with Crippen molar-refractivity contribution >= 4 is 28.8 Å². The van der Waals surface area contributed by atoms with Crippen LogP contribution in [0.25, 0.3) is 0 Å². The molecule has 1 heterocycles. The summed E-state index contributed by atoms with van der Waals surface area (Å²) in [6, 6.07) is 7.84. The second-order valence-corrected chi connectivity index (χ2v) is 8.50. The minimum atomic E-state index is -0.176. The summed E-state index contributed by atoms with van der Waals surface area (Å²) in [5.41, 5.74) is 4.29. The van der Waals surface area contributed by atoms with Gasteiger partial charge in [-0.3, -0.25) is 9.59 Å². The lowest BCUT2D eigenvalue weighted by Gasteiger charge is -2.17. The van der Waals surface area contributed by atoms with E-state index in [4.69, 9.17) is 0 Å². The van der Waals surface area contributed by atoms with Gasteiger partial charge in [-0.05, 0) is 67.9 Å². The molecular formula is C21H26N2O2S. The highest BCUT2D eigenvalue weighted by atomic mass is 32.1. The standard InChI is InChI=1S/C21H26N2O2S/c1-13-8-9-18-16(10-13)11-19(26-18)21(25)23(4)12-20(24)22-17-7-5-6-14(2)15(17)3/h5-7,11,13H,8-10,12H2,1-4H3,(H,22,24)/t13-/m1/s1. The number of anilines is 1. The number of carbonyl (C=O) groups excluding carboxylic acids is 2. The molecular weight excluding hydrogens is 344 g/mol. The molecule has 0 fully saturated rings. The molecule has 2 amide bonds. The highest BCUT2D eigenvalue weighted by Crippen LogP contribution is 2.32. The summed E-state index contributed by atoms with van der Waals surface area (Å²) in [6.07, 6.45) is 3.30. The van der Waals surface area contributed by atoms with E-state index in [1.807, 2.05) is 38.1 Å². The second kappa shape index (κ2) is 7.62. The molecule has 1 aromatic carbocycles. The highest BCUT2D eigenvalue weighted by Gasteiger charge is 2.23. The van der Waals surface area contributed by atoms with Crippen LogP contribution in [0.3, 0.4) is 0 Å². The van der Waals surface area contributed by atoms with Crippen molar-refractivity contribution in [1.82, 2.24) is 4.90 Å². The van der Waals surface area contributed by atoms with Gasteiger partial charge in [-0.1, -0.05) is 19.1 Å². The molecule has 0 unspecified atom stereocenters. The van der Waals surface area contributed by atoms with Crippen molar-refractivity contribution in [2.24, 2.45) is 5.92 Å². The van der Waals surface area contributed by atoms with Gasteiger partial charge in [-0.25, -0.2) is 0 Å². The number of carbonyl (C=O) groups is 2. The van der Waals surface area contributed by atoms with E-state index in [1.165, 1.54) is 21.8 Å². The maximum absolute atomic E-state index is 12.7. The minimum absolute atomic E-state index is 0.0468. The number of hydrogen-bond acceptors (Lipinski definition) is 3. The monoisotopic (exact) mass is 370 g/mol.